The van der Waals surface area contributed by atoms with Gasteiger partial charge in [0.2, 0.25) is 0 Å². The molecule has 6 rings (SSSR count). The van der Waals surface area contributed by atoms with Crippen LogP contribution >= 0.6 is 11.8 Å². The van der Waals surface area contributed by atoms with E-state index in [1.54, 1.807) is 17.0 Å². The number of likely N-dealkylation sites (N-methyl/N-ethyl adjacent to an activating group) is 2. The summed E-state index contributed by atoms with van der Waals surface area (Å²) < 4.78 is 42.3. The maximum Gasteiger partial charge on any atom is 0.410 e. The zero-order valence-corrected chi connectivity index (χ0v) is 47.4. The van der Waals surface area contributed by atoms with Crippen LogP contribution in [0.3, 0.4) is 0 Å². The summed E-state index contributed by atoms with van der Waals surface area (Å²) in [5.74, 6) is 3.96. The van der Waals surface area contributed by atoms with E-state index in [1.807, 2.05) is 78.4 Å². The molecule has 2 aliphatic heterocycles. The number of imidazole rings is 2. The van der Waals surface area contributed by atoms with Gasteiger partial charge in [0, 0.05) is 75.8 Å². The number of amides is 2. The molecule has 2 aromatic heterocycles. The maximum atomic E-state index is 13.3. The van der Waals surface area contributed by atoms with E-state index in [-0.39, 0.29) is 34.7 Å². The lowest BCUT2D eigenvalue weighted by atomic mass is 9.92. The summed E-state index contributed by atoms with van der Waals surface area (Å²) in [6.45, 7) is 30.9. The summed E-state index contributed by atoms with van der Waals surface area (Å²) in [6, 6.07) is 12.1. The molecule has 16 heteroatoms. The van der Waals surface area contributed by atoms with Gasteiger partial charge in [-0.15, -0.1) is 11.8 Å². The quantitative estimate of drug-likeness (QED) is 0.112. The van der Waals surface area contributed by atoms with Crippen LogP contribution in [0.5, 0.6) is 0 Å². The van der Waals surface area contributed by atoms with Gasteiger partial charge < -0.3 is 38.2 Å². The molecule has 2 aliphatic rings. The number of thioether (sulfide) groups is 1. The Morgan fingerprint density at radius 2 is 1.04 bits per heavy atom. The minimum absolute atomic E-state index is 0.0125. The number of hydrogen-bond donors (Lipinski definition) is 0. The van der Waals surface area contributed by atoms with Crippen LogP contribution in [-0.4, -0.2) is 149 Å². The van der Waals surface area contributed by atoms with Gasteiger partial charge >= 0.3 is 12.2 Å². The fourth-order valence-electron chi connectivity index (χ4n) is 8.76. The number of nitrogens with zero attached hydrogens (tertiary/aromatic N) is 8. The third kappa shape index (κ3) is 17.7. The minimum Gasteiger partial charge on any atom is -0.444 e. The van der Waals surface area contributed by atoms with Crippen molar-refractivity contribution in [1.82, 2.24) is 38.7 Å². The first-order valence-electron chi connectivity index (χ1n) is 25.4. The van der Waals surface area contributed by atoms with Crippen molar-refractivity contribution in [3.8, 4) is 0 Å². The van der Waals surface area contributed by atoms with Gasteiger partial charge in [-0.3, -0.25) is 0 Å². The fourth-order valence-corrected chi connectivity index (χ4v) is 11.6. The lowest BCUT2D eigenvalue weighted by Gasteiger charge is -2.33. The number of aromatic nitrogens is 4. The van der Waals surface area contributed by atoms with E-state index in [1.165, 1.54) is 16.2 Å². The average molecular weight is 1010 g/mol. The Hall–Kier alpha value is -3.86. The zero-order chi connectivity index (χ0) is 52.0. The van der Waals surface area contributed by atoms with Crippen molar-refractivity contribution in [2.24, 2.45) is 22.7 Å². The van der Waals surface area contributed by atoms with Crippen molar-refractivity contribution in [2.45, 2.75) is 156 Å². The number of fused-ring (bicyclic) bond motifs is 2. The predicted octanol–water partition coefficient (Wildman–Crippen LogP) is 10.5. The van der Waals surface area contributed by atoms with E-state index in [0.29, 0.717) is 36.7 Å². The van der Waals surface area contributed by atoms with Crippen LogP contribution in [0.15, 0.2) is 46.2 Å². The second kappa shape index (κ2) is 23.3. The van der Waals surface area contributed by atoms with Gasteiger partial charge in [-0.1, -0.05) is 41.5 Å². The molecular weight excluding hydrogens is 921 g/mol. The second-order valence-corrected chi connectivity index (χ2v) is 27.8. The van der Waals surface area contributed by atoms with Gasteiger partial charge in [0.15, 0.2) is 9.84 Å². The Balaban J connectivity index is 0.000000261. The van der Waals surface area contributed by atoms with Crippen molar-refractivity contribution < 1.29 is 27.5 Å². The Morgan fingerprint density at radius 3 is 1.46 bits per heavy atom. The summed E-state index contributed by atoms with van der Waals surface area (Å²) in [4.78, 5) is 44.1. The zero-order valence-electron chi connectivity index (χ0n) is 45.8. The summed E-state index contributed by atoms with van der Waals surface area (Å²) in [5, 5.41) is 0. The molecule has 0 bridgehead atoms. The molecule has 4 aromatic rings. The molecule has 2 aromatic carbocycles. The number of likely N-dealkylation sites (tertiary alicyclic amines) is 2. The smallest absolute Gasteiger partial charge is 0.410 e. The second-order valence-electron chi connectivity index (χ2n) is 24.7. The SMILES string of the molecule is CN(C)CCn1c(CC(C)(C)C)nc2cc(S(=O)(=O)CC3CCN(C(=O)OC(C)(C)C)CC3)ccc21.CN(C)CCn1c(CC(C)(C)C)nc2cc(SCC3CCN(C(=O)OC(C)(C)C)CC3)ccc21. The van der Waals surface area contributed by atoms with Crippen molar-refractivity contribution in [3.05, 3.63) is 48.0 Å². The van der Waals surface area contributed by atoms with Crippen LogP contribution < -0.4 is 0 Å². The Bertz CT molecular complexity index is 2470. The van der Waals surface area contributed by atoms with Crippen LogP contribution in [0, 0.1) is 22.7 Å². The molecule has 392 valence electrons. The molecule has 0 atom stereocenters. The third-order valence-corrected chi connectivity index (χ3v) is 15.5. The molecule has 0 aliphatic carbocycles. The highest BCUT2D eigenvalue weighted by atomic mass is 32.2. The predicted molar refractivity (Wildman–Crippen MR) is 287 cm³/mol. The molecule has 0 radical (unpaired) electrons. The van der Waals surface area contributed by atoms with Crippen molar-refractivity contribution >= 4 is 55.9 Å². The number of carbonyl (C=O) groups excluding carboxylic acids is 2. The van der Waals surface area contributed by atoms with Crippen LogP contribution in [-0.2, 0) is 45.2 Å². The average Bonchev–Trinajstić information content (AvgIpc) is 3.73. The Kier molecular flexibility index (Phi) is 19.0. The van der Waals surface area contributed by atoms with Gasteiger partial charge in [-0.25, -0.2) is 28.0 Å². The summed E-state index contributed by atoms with van der Waals surface area (Å²) in [6.07, 6.45) is 4.63. The van der Waals surface area contributed by atoms with Crippen molar-refractivity contribution in [1.29, 1.82) is 0 Å². The lowest BCUT2D eigenvalue weighted by molar-refractivity contribution is 0.0180. The molecule has 0 unspecified atom stereocenters. The molecule has 4 heterocycles. The van der Waals surface area contributed by atoms with Crippen LogP contribution in [0.25, 0.3) is 22.1 Å². The first-order chi connectivity index (χ1) is 32.3. The molecule has 2 saturated heterocycles. The Morgan fingerprint density at radius 1 is 0.629 bits per heavy atom. The number of piperidine rings is 2. The molecule has 70 heavy (non-hydrogen) atoms. The molecule has 2 fully saturated rings. The third-order valence-electron chi connectivity index (χ3n) is 12.3. The first kappa shape index (κ1) is 57.0. The lowest BCUT2D eigenvalue weighted by Crippen LogP contribution is -2.42. The molecule has 0 saturated carbocycles. The van der Waals surface area contributed by atoms with Gasteiger partial charge in [0.25, 0.3) is 0 Å². The highest BCUT2D eigenvalue weighted by Crippen LogP contribution is 2.32. The first-order valence-corrected chi connectivity index (χ1v) is 28.1. The van der Waals surface area contributed by atoms with Gasteiger partial charge in [0.1, 0.15) is 22.9 Å². The van der Waals surface area contributed by atoms with Crippen LogP contribution in [0.1, 0.15) is 120 Å². The fraction of sp³-hybridized carbons (Fsp3) is 0.704. The van der Waals surface area contributed by atoms with Crippen molar-refractivity contribution in [3.63, 3.8) is 0 Å². The minimum atomic E-state index is -3.47. The van der Waals surface area contributed by atoms with E-state index in [4.69, 9.17) is 19.4 Å². The summed E-state index contributed by atoms with van der Waals surface area (Å²) in [7, 11) is 4.86. The van der Waals surface area contributed by atoms with Crippen molar-refractivity contribution in [2.75, 3.05) is 79.0 Å². The van der Waals surface area contributed by atoms with E-state index in [0.717, 1.165) is 93.1 Å². The molecule has 14 nitrogen and oxygen atoms in total. The summed E-state index contributed by atoms with van der Waals surface area (Å²) >= 11 is 1.92. The van der Waals surface area contributed by atoms with Gasteiger partial charge in [-0.2, -0.15) is 0 Å². The number of ether oxygens (including phenoxy) is 2. The molecule has 2 amide bonds. The topological polar surface area (TPSA) is 135 Å². The van der Waals surface area contributed by atoms with Crippen LogP contribution in [0.4, 0.5) is 9.59 Å². The van der Waals surface area contributed by atoms with E-state index < -0.39 is 21.0 Å². The summed E-state index contributed by atoms with van der Waals surface area (Å²) in [5.41, 5.74) is 3.33. The molecule has 0 N–H and O–H groups in total. The van der Waals surface area contributed by atoms with E-state index in [9.17, 15) is 18.0 Å². The normalized spacial score (nSPS) is 16.1. The number of rotatable bonds is 14. The largest absolute Gasteiger partial charge is 0.444 e. The monoisotopic (exact) mass is 1010 g/mol. The maximum absolute atomic E-state index is 13.3. The van der Waals surface area contributed by atoms with E-state index in [2.05, 4.69) is 92.8 Å². The van der Waals surface area contributed by atoms with Gasteiger partial charge in [-0.05, 0) is 154 Å². The number of sulfone groups is 1. The standard InChI is InChI=1S/C27H44N4O4S.C27H44N4O2S/c1-26(2,3)18-24-28-22-17-21(9-10-23(22)31(24)16-15-29(7)8)36(33,34)19-20-11-13-30(14-12-20)25(32)35-27(4,5)6;1-26(2,3)18-24-28-22-17-21(9-10-23(22)31(24)16-15-29(7)8)34-19-20-11-13-30(14-12-20)25(32)33-27(4,5)6/h9-10,17,20H,11-16,18-19H2,1-8H3;9-10,17,20H,11-16,18-19H2,1-8H3. The highest BCUT2D eigenvalue weighted by Gasteiger charge is 2.31. The number of hydrogen-bond acceptors (Lipinski definition) is 11. The number of benzene rings is 2. The molecular formula is C54H88N8O6S2. The highest BCUT2D eigenvalue weighted by molar-refractivity contribution is 7.99. The number of carbonyl (C=O) groups is 2. The van der Waals surface area contributed by atoms with Gasteiger partial charge in [0.05, 0.1) is 32.7 Å². The van der Waals surface area contributed by atoms with E-state index >= 15 is 0 Å². The molecule has 0 spiro atoms. The Labute approximate surface area is 425 Å². The van der Waals surface area contributed by atoms with Crippen LogP contribution in [0.2, 0.25) is 0 Å².